The number of hydrogen-bond acceptors (Lipinski definition) is 6. The molecule has 0 spiro atoms. The molecule has 1 unspecified atom stereocenters. The number of nitrogens with one attached hydrogen (secondary N) is 1. The van der Waals surface area contributed by atoms with E-state index in [1.807, 2.05) is 6.92 Å². The lowest BCUT2D eigenvalue weighted by molar-refractivity contribution is -0.127. The highest BCUT2D eigenvalue weighted by Crippen LogP contribution is 2.18. The van der Waals surface area contributed by atoms with E-state index in [0.717, 1.165) is 38.3 Å². The first-order valence-electron chi connectivity index (χ1n) is 11.2. The monoisotopic (exact) mass is 441 g/mol. The minimum absolute atomic E-state index is 0.0323. The lowest BCUT2D eigenvalue weighted by Gasteiger charge is -2.34. The van der Waals surface area contributed by atoms with Gasteiger partial charge in [-0.05, 0) is 26.2 Å². The summed E-state index contributed by atoms with van der Waals surface area (Å²) in [5.74, 6) is 1.17. The normalized spacial score (nSPS) is 20.1. The molecule has 0 radical (unpaired) electrons. The number of rotatable bonds is 9. The van der Waals surface area contributed by atoms with Crippen LogP contribution in [-0.2, 0) is 19.0 Å². The Kier molecular flexibility index (Phi) is 10.9. The lowest BCUT2D eigenvalue weighted by Crippen LogP contribution is -2.51. The number of likely N-dealkylation sites (tertiary alicyclic amines) is 2. The summed E-state index contributed by atoms with van der Waals surface area (Å²) in [6.45, 7) is 7.23. The summed E-state index contributed by atoms with van der Waals surface area (Å²) in [5.41, 5.74) is 0. The van der Waals surface area contributed by atoms with Gasteiger partial charge in [0.1, 0.15) is 6.54 Å². The van der Waals surface area contributed by atoms with Crippen LogP contribution in [0.3, 0.4) is 0 Å². The molecule has 1 N–H and O–H groups in total. The Bertz CT molecular complexity index is 593. The van der Waals surface area contributed by atoms with Gasteiger partial charge in [0.25, 0.3) is 0 Å². The molecule has 0 bridgehead atoms. The van der Waals surface area contributed by atoms with E-state index >= 15 is 0 Å². The third-order valence-corrected chi connectivity index (χ3v) is 5.59. The molecule has 0 aromatic carbocycles. The maximum Gasteiger partial charge on any atom is 0.409 e. The highest BCUT2D eigenvalue weighted by atomic mass is 16.6. The van der Waals surface area contributed by atoms with E-state index < -0.39 is 0 Å². The van der Waals surface area contributed by atoms with Crippen molar-refractivity contribution < 1.29 is 23.8 Å². The van der Waals surface area contributed by atoms with Crippen molar-refractivity contribution in [3.63, 3.8) is 0 Å². The van der Waals surface area contributed by atoms with Gasteiger partial charge in [-0.2, -0.15) is 0 Å². The second-order valence-electron chi connectivity index (χ2n) is 8.20. The van der Waals surface area contributed by atoms with Gasteiger partial charge in [0.05, 0.1) is 26.4 Å². The Hall–Kier alpha value is -2.07. The summed E-state index contributed by atoms with van der Waals surface area (Å²) in [7, 11) is 5.14. The third kappa shape index (κ3) is 8.53. The molecule has 1 atom stereocenters. The second-order valence-corrected chi connectivity index (χ2v) is 8.20. The molecule has 10 heteroatoms. The molecule has 0 aliphatic carbocycles. The molecule has 2 amide bonds. The van der Waals surface area contributed by atoms with E-state index in [1.165, 1.54) is 0 Å². The highest BCUT2D eigenvalue weighted by Gasteiger charge is 2.29. The predicted octanol–water partition coefficient (Wildman–Crippen LogP) is 0.626. The van der Waals surface area contributed by atoms with Crippen molar-refractivity contribution in [1.29, 1.82) is 0 Å². The first kappa shape index (κ1) is 25.2. The topological polar surface area (TPSA) is 95.9 Å². The SMILES string of the molecule is CCOC(=O)N1CCC(NC(=NCC(=O)N(C)C)N2CCC(COCCOC)C2)CC1. The Balaban J connectivity index is 1.91. The molecule has 2 aliphatic rings. The Morgan fingerprint density at radius 1 is 1.10 bits per heavy atom. The molecule has 2 aliphatic heterocycles. The van der Waals surface area contributed by atoms with Gasteiger partial charge in [-0.1, -0.05) is 0 Å². The van der Waals surface area contributed by atoms with Crippen molar-refractivity contribution in [2.45, 2.75) is 32.2 Å². The van der Waals surface area contributed by atoms with Gasteiger partial charge in [0.15, 0.2) is 5.96 Å². The third-order valence-electron chi connectivity index (χ3n) is 5.59. The highest BCUT2D eigenvalue weighted by molar-refractivity contribution is 5.85. The maximum atomic E-state index is 12.1. The van der Waals surface area contributed by atoms with Crippen molar-refractivity contribution in [2.24, 2.45) is 10.9 Å². The van der Waals surface area contributed by atoms with Crippen LogP contribution in [0.5, 0.6) is 0 Å². The van der Waals surface area contributed by atoms with Crippen LogP contribution < -0.4 is 5.32 Å². The first-order chi connectivity index (χ1) is 14.9. The number of carbonyl (C=O) groups is 2. The maximum absolute atomic E-state index is 12.1. The van der Waals surface area contributed by atoms with Crippen molar-refractivity contribution >= 4 is 18.0 Å². The van der Waals surface area contributed by atoms with Gasteiger partial charge in [0.2, 0.25) is 5.91 Å². The number of guanidine groups is 1. The fourth-order valence-electron chi connectivity index (χ4n) is 3.68. The predicted molar refractivity (Wildman–Crippen MR) is 118 cm³/mol. The van der Waals surface area contributed by atoms with Gasteiger partial charge in [0, 0.05) is 59.3 Å². The number of methoxy groups -OCH3 is 1. The van der Waals surface area contributed by atoms with Crippen LogP contribution in [0.4, 0.5) is 4.79 Å². The Morgan fingerprint density at radius 3 is 2.45 bits per heavy atom. The minimum Gasteiger partial charge on any atom is -0.450 e. The number of nitrogens with zero attached hydrogens (tertiary/aromatic N) is 4. The number of piperidine rings is 1. The van der Waals surface area contributed by atoms with Crippen LogP contribution >= 0.6 is 0 Å². The summed E-state index contributed by atoms with van der Waals surface area (Å²) in [4.78, 5) is 34.1. The molecular formula is C21H39N5O5. The molecule has 178 valence electrons. The van der Waals surface area contributed by atoms with E-state index in [2.05, 4.69) is 15.2 Å². The molecule has 0 aromatic heterocycles. The van der Waals surface area contributed by atoms with E-state index in [4.69, 9.17) is 14.2 Å². The van der Waals surface area contributed by atoms with Crippen molar-refractivity contribution in [3.05, 3.63) is 0 Å². The number of carbonyl (C=O) groups excluding carboxylic acids is 2. The molecule has 2 heterocycles. The molecule has 0 saturated carbocycles. The summed E-state index contributed by atoms with van der Waals surface area (Å²) in [6, 6.07) is 0.205. The summed E-state index contributed by atoms with van der Waals surface area (Å²) < 4.78 is 15.8. The first-order valence-corrected chi connectivity index (χ1v) is 11.2. The van der Waals surface area contributed by atoms with Crippen molar-refractivity contribution in [3.8, 4) is 0 Å². The molecule has 10 nitrogen and oxygen atoms in total. The average molecular weight is 442 g/mol. The fourth-order valence-corrected chi connectivity index (χ4v) is 3.68. The van der Waals surface area contributed by atoms with Crippen LogP contribution in [-0.4, -0.2) is 119 Å². The second kappa shape index (κ2) is 13.4. The summed E-state index contributed by atoms with van der Waals surface area (Å²) in [5, 5.41) is 3.55. The van der Waals surface area contributed by atoms with Crippen molar-refractivity contribution in [1.82, 2.24) is 20.0 Å². The summed E-state index contributed by atoms with van der Waals surface area (Å²) in [6.07, 6.45) is 2.41. The lowest BCUT2D eigenvalue weighted by atomic mass is 10.1. The Labute approximate surface area is 185 Å². The van der Waals surface area contributed by atoms with Crippen LogP contribution in [0, 0.1) is 5.92 Å². The zero-order valence-corrected chi connectivity index (χ0v) is 19.5. The van der Waals surface area contributed by atoms with Gasteiger partial charge < -0.3 is 34.2 Å². The number of likely N-dealkylation sites (N-methyl/N-ethyl adjacent to an activating group) is 1. The summed E-state index contributed by atoms with van der Waals surface area (Å²) >= 11 is 0. The van der Waals surface area contributed by atoms with Crippen LogP contribution in [0.15, 0.2) is 4.99 Å². The standard InChI is InChI=1S/C21H39N5O5/c1-5-31-21(28)25-10-7-18(8-11-25)23-20(22-14-19(27)24(2)3)26-9-6-17(15-26)16-30-13-12-29-4/h17-18H,5-16H2,1-4H3,(H,22,23). The molecular weight excluding hydrogens is 402 g/mol. The number of ether oxygens (including phenoxy) is 3. The quantitative estimate of drug-likeness (QED) is 0.318. The zero-order valence-electron chi connectivity index (χ0n) is 19.5. The molecule has 2 saturated heterocycles. The van der Waals surface area contributed by atoms with Crippen LogP contribution in [0.1, 0.15) is 26.2 Å². The number of amides is 2. The van der Waals surface area contributed by atoms with E-state index in [-0.39, 0.29) is 24.6 Å². The van der Waals surface area contributed by atoms with Gasteiger partial charge >= 0.3 is 6.09 Å². The van der Waals surface area contributed by atoms with E-state index in [9.17, 15) is 9.59 Å². The van der Waals surface area contributed by atoms with E-state index in [0.29, 0.717) is 45.4 Å². The molecule has 2 rings (SSSR count). The molecule has 31 heavy (non-hydrogen) atoms. The Morgan fingerprint density at radius 2 is 1.81 bits per heavy atom. The molecule has 0 aromatic rings. The van der Waals surface area contributed by atoms with Crippen LogP contribution in [0.25, 0.3) is 0 Å². The van der Waals surface area contributed by atoms with E-state index in [1.54, 1.807) is 31.0 Å². The fraction of sp³-hybridized carbons (Fsp3) is 0.857. The van der Waals surface area contributed by atoms with Gasteiger partial charge in [-0.15, -0.1) is 0 Å². The zero-order chi connectivity index (χ0) is 22.6. The molecule has 2 fully saturated rings. The smallest absolute Gasteiger partial charge is 0.409 e. The average Bonchev–Trinajstić information content (AvgIpc) is 3.23. The number of aliphatic imine (C=N–C) groups is 1. The minimum atomic E-state index is -0.248. The number of hydrogen-bond donors (Lipinski definition) is 1. The van der Waals surface area contributed by atoms with Gasteiger partial charge in [-0.3, -0.25) is 4.79 Å². The largest absolute Gasteiger partial charge is 0.450 e. The van der Waals surface area contributed by atoms with Gasteiger partial charge in [-0.25, -0.2) is 9.79 Å². The van der Waals surface area contributed by atoms with Crippen LogP contribution in [0.2, 0.25) is 0 Å². The van der Waals surface area contributed by atoms with Crippen molar-refractivity contribution in [2.75, 3.05) is 80.4 Å².